The molecule has 0 unspecified atom stereocenters. The lowest BCUT2D eigenvalue weighted by molar-refractivity contribution is 0.0512. The first-order chi connectivity index (χ1) is 16.9. The average molecular weight is 537 g/mol. The van der Waals surface area contributed by atoms with E-state index < -0.39 is 5.97 Å². The van der Waals surface area contributed by atoms with Crippen molar-refractivity contribution in [3.8, 4) is 11.3 Å². The Morgan fingerprint density at radius 2 is 1.97 bits per heavy atom. The fraction of sp³-hybridized carbons (Fsp3) is 0.296. The monoisotopic (exact) mass is 536 g/mol. The Hall–Kier alpha value is -3.39. The number of esters is 1. The summed E-state index contributed by atoms with van der Waals surface area (Å²) in [5.74, 6) is 0.300. The molecule has 0 aliphatic heterocycles. The molecule has 0 amide bonds. The number of carboxylic acid groups (broad SMARTS) is 1. The summed E-state index contributed by atoms with van der Waals surface area (Å²) in [6.07, 6.45) is 2.79. The molecule has 4 aromatic rings. The van der Waals surface area contributed by atoms with Gasteiger partial charge in [0, 0.05) is 29.8 Å². The molecule has 2 aromatic heterocycles. The first kappa shape index (κ1) is 23.4. The van der Waals surface area contributed by atoms with Crippen molar-refractivity contribution in [2.75, 3.05) is 6.61 Å². The number of carbonyl (C=O) groups excluding carboxylic acids is 1. The van der Waals surface area contributed by atoms with E-state index in [9.17, 15) is 14.7 Å². The van der Waals surface area contributed by atoms with Crippen LogP contribution in [0.3, 0.4) is 0 Å². The third kappa shape index (κ3) is 4.27. The van der Waals surface area contributed by atoms with E-state index in [0.717, 1.165) is 35.3 Å². The van der Waals surface area contributed by atoms with Crippen molar-refractivity contribution in [2.24, 2.45) is 0 Å². The number of rotatable bonds is 8. The maximum Gasteiger partial charge on any atom is 0.356 e. The van der Waals surface area contributed by atoms with Crippen LogP contribution in [0.5, 0.6) is 0 Å². The van der Waals surface area contributed by atoms with Crippen molar-refractivity contribution in [3.63, 3.8) is 0 Å². The first-order valence-corrected chi connectivity index (χ1v) is 12.5. The minimum atomic E-state index is -1.01. The van der Waals surface area contributed by atoms with Gasteiger partial charge in [-0.05, 0) is 59.5 Å². The maximum atomic E-state index is 12.9. The van der Waals surface area contributed by atoms with Gasteiger partial charge in [0.1, 0.15) is 17.2 Å². The second kappa shape index (κ2) is 9.34. The molecule has 8 heteroatoms. The molecule has 2 aromatic carbocycles. The molecule has 35 heavy (non-hydrogen) atoms. The van der Waals surface area contributed by atoms with Gasteiger partial charge in [-0.1, -0.05) is 31.2 Å². The molecular formula is C27H25BrN2O5. The highest BCUT2D eigenvalue weighted by atomic mass is 79.9. The van der Waals surface area contributed by atoms with E-state index in [4.69, 9.17) is 14.1 Å². The zero-order chi connectivity index (χ0) is 24.7. The van der Waals surface area contributed by atoms with E-state index in [1.165, 1.54) is 0 Å². The standard InChI is InChI=1S/C27H25BrN2O5/c1-3-21-29-23(16-10-11-16)24(27(33)34-4-2)30(21)14-15-9-12-20-19(13-15)22(28)25(35-20)17-7-5-6-8-18(17)26(31)32/h5-9,12-13,16H,3-4,10-11,14H2,1-2H3,(H,31,32). The van der Waals surface area contributed by atoms with Gasteiger partial charge in [-0.3, -0.25) is 0 Å². The van der Waals surface area contributed by atoms with Crippen LogP contribution in [-0.4, -0.2) is 33.2 Å². The lowest BCUT2D eigenvalue weighted by Gasteiger charge is -2.12. The predicted octanol–water partition coefficient (Wildman–Crippen LogP) is 6.42. The van der Waals surface area contributed by atoms with E-state index in [1.807, 2.05) is 29.7 Å². The smallest absolute Gasteiger partial charge is 0.356 e. The fourth-order valence-corrected chi connectivity index (χ4v) is 5.06. The summed E-state index contributed by atoms with van der Waals surface area (Å²) < 4.78 is 14.1. The van der Waals surface area contributed by atoms with Crippen LogP contribution in [0.15, 0.2) is 51.4 Å². The number of fused-ring (bicyclic) bond motifs is 1. The first-order valence-electron chi connectivity index (χ1n) is 11.7. The van der Waals surface area contributed by atoms with Crippen LogP contribution < -0.4 is 0 Å². The molecule has 1 N–H and O–H groups in total. The van der Waals surface area contributed by atoms with Gasteiger partial charge in [-0.15, -0.1) is 0 Å². The summed E-state index contributed by atoms with van der Waals surface area (Å²) in [5.41, 5.74) is 3.68. The van der Waals surface area contributed by atoms with Crippen molar-refractivity contribution in [1.29, 1.82) is 0 Å². The molecule has 0 spiro atoms. The summed E-state index contributed by atoms with van der Waals surface area (Å²) in [5, 5.41) is 10.4. The second-order valence-electron chi connectivity index (χ2n) is 8.62. The zero-order valence-electron chi connectivity index (χ0n) is 19.5. The molecule has 5 rings (SSSR count). The predicted molar refractivity (Wildman–Crippen MR) is 135 cm³/mol. The van der Waals surface area contributed by atoms with Crippen LogP contribution >= 0.6 is 15.9 Å². The Morgan fingerprint density at radius 1 is 1.20 bits per heavy atom. The lowest BCUT2D eigenvalue weighted by Crippen LogP contribution is -2.16. The van der Waals surface area contributed by atoms with Crippen LogP contribution in [-0.2, 0) is 17.7 Å². The van der Waals surface area contributed by atoms with Gasteiger partial charge in [0.25, 0.3) is 0 Å². The van der Waals surface area contributed by atoms with Crippen LogP contribution in [0.4, 0.5) is 0 Å². The van der Waals surface area contributed by atoms with E-state index >= 15 is 0 Å². The number of benzene rings is 2. The molecule has 1 fully saturated rings. The van der Waals surface area contributed by atoms with E-state index in [2.05, 4.69) is 15.9 Å². The van der Waals surface area contributed by atoms with Gasteiger partial charge in [-0.25, -0.2) is 14.6 Å². The summed E-state index contributed by atoms with van der Waals surface area (Å²) in [6.45, 7) is 4.61. The Morgan fingerprint density at radius 3 is 2.66 bits per heavy atom. The van der Waals surface area contributed by atoms with Crippen molar-refractivity contribution in [3.05, 3.63) is 75.3 Å². The molecule has 1 aliphatic carbocycles. The summed E-state index contributed by atoms with van der Waals surface area (Å²) in [4.78, 5) is 29.4. The van der Waals surface area contributed by atoms with Crippen molar-refractivity contribution >= 4 is 38.8 Å². The Balaban J connectivity index is 1.57. The number of hydrogen-bond acceptors (Lipinski definition) is 5. The molecule has 0 atom stereocenters. The van der Waals surface area contributed by atoms with Gasteiger partial charge in [0.2, 0.25) is 0 Å². The molecule has 0 saturated heterocycles. The third-order valence-corrected chi connectivity index (χ3v) is 7.04. The van der Waals surface area contributed by atoms with Gasteiger partial charge in [0.15, 0.2) is 5.69 Å². The average Bonchev–Trinajstić information content (AvgIpc) is 3.56. The third-order valence-electron chi connectivity index (χ3n) is 6.26. The quantitative estimate of drug-likeness (QED) is 0.261. The summed E-state index contributed by atoms with van der Waals surface area (Å²) in [6, 6.07) is 12.6. The molecule has 0 bridgehead atoms. The molecule has 7 nitrogen and oxygen atoms in total. The number of carboxylic acids is 1. The Bertz CT molecular complexity index is 1450. The van der Waals surface area contributed by atoms with E-state index in [-0.39, 0.29) is 11.5 Å². The molecular weight excluding hydrogens is 512 g/mol. The summed E-state index contributed by atoms with van der Waals surface area (Å²) in [7, 11) is 0. The highest BCUT2D eigenvalue weighted by Gasteiger charge is 2.34. The number of hydrogen-bond donors (Lipinski definition) is 1. The van der Waals surface area contributed by atoms with Crippen LogP contribution in [0, 0.1) is 0 Å². The SMILES string of the molecule is CCOC(=O)c1c(C2CC2)nc(CC)n1Cc1ccc2oc(-c3ccccc3C(=O)O)c(Br)c2c1. The second-order valence-corrected chi connectivity index (χ2v) is 9.42. The van der Waals surface area contributed by atoms with Gasteiger partial charge in [0.05, 0.1) is 22.3 Å². The number of nitrogens with zero attached hydrogens (tertiary/aromatic N) is 2. The van der Waals surface area contributed by atoms with Gasteiger partial charge < -0.3 is 18.8 Å². The normalized spacial score (nSPS) is 13.3. The van der Waals surface area contributed by atoms with E-state index in [1.54, 1.807) is 31.2 Å². The fourth-order valence-electron chi connectivity index (χ4n) is 4.45. The molecule has 180 valence electrons. The number of halogens is 1. The molecule has 1 aliphatic rings. The largest absolute Gasteiger partial charge is 0.478 e. The maximum absolute atomic E-state index is 12.9. The zero-order valence-corrected chi connectivity index (χ0v) is 21.1. The minimum absolute atomic E-state index is 0.171. The topological polar surface area (TPSA) is 94.6 Å². The molecule has 1 saturated carbocycles. The number of imidazole rings is 1. The minimum Gasteiger partial charge on any atom is -0.478 e. The number of ether oxygens (including phenoxy) is 1. The molecule has 2 heterocycles. The number of aryl methyl sites for hydroxylation is 1. The number of aromatic nitrogens is 2. The van der Waals surface area contributed by atoms with Crippen LogP contribution in [0.25, 0.3) is 22.3 Å². The van der Waals surface area contributed by atoms with Crippen LogP contribution in [0.1, 0.15) is 70.5 Å². The van der Waals surface area contributed by atoms with Crippen LogP contribution in [0.2, 0.25) is 0 Å². The highest BCUT2D eigenvalue weighted by Crippen LogP contribution is 2.42. The van der Waals surface area contributed by atoms with Crippen molar-refractivity contribution < 1.29 is 23.8 Å². The lowest BCUT2D eigenvalue weighted by atomic mass is 10.0. The van der Waals surface area contributed by atoms with Gasteiger partial charge >= 0.3 is 11.9 Å². The van der Waals surface area contributed by atoms with Crippen molar-refractivity contribution in [2.45, 2.75) is 45.6 Å². The number of aromatic carboxylic acids is 1. The molecule has 0 radical (unpaired) electrons. The summed E-state index contributed by atoms with van der Waals surface area (Å²) >= 11 is 3.63. The Labute approximate surface area is 210 Å². The number of carbonyl (C=O) groups is 2. The number of furan rings is 1. The van der Waals surface area contributed by atoms with Gasteiger partial charge in [-0.2, -0.15) is 0 Å². The van der Waals surface area contributed by atoms with Crippen molar-refractivity contribution in [1.82, 2.24) is 9.55 Å². The highest BCUT2D eigenvalue weighted by molar-refractivity contribution is 9.10. The Kier molecular flexibility index (Phi) is 6.23. The van der Waals surface area contributed by atoms with E-state index in [0.29, 0.717) is 52.6 Å².